The van der Waals surface area contributed by atoms with E-state index in [0.29, 0.717) is 30.3 Å². The molecule has 34 heavy (non-hydrogen) atoms. The van der Waals surface area contributed by atoms with Crippen LogP contribution in [0, 0.1) is 5.82 Å². The lowest BCUT2D eigenvalue weighted by atomic mass is 9.93. The maximum absolute atomic E-state index is 13.5. The number of aromatic nitrogens is 3. The van der Waals surface area contributed by atoms with Gasteiger partial charge in [-0.25, -0.2) is 14.4 Å². The number of rotatable bonds is 6. The second kappa shape index (κ2) is 9.87. The summed E-state index contributed by atoms with van der Waals surface area (Å²) in [5.74, 6) is 0.607. The van der Waals surface area contributed by atoms with Gasteiger partial charge >= 0.3 is 0 Å². The molecule has 172 valence electrons. The predicted molar refractivity (Wildman–Crippen MR) is 126 cm³/mol. The summed E-state index contributed by atoms with van der Waals surface area (Å²) < 4.78 is 21.2. The SMILES string of the molecule is O=C(c1cccc(Cn2ccnc2)c1)N1CCC[C@H](c2cccc(Oc3cccc(F)c3)n2)C1. The summed E-state index contributed by atoms with van der Waals surface area (Å²) in [5, 5.41) is 0. The Balaban J connectivity index is 1.28. The molecule has 6 nitrogen and oxygen atoms in total. The van der Waals surface area contributed by atoms with Crippen LogP contribution in [0.4, 0.5) is 4.39 Å². The number of likely N-dealkylation sites (tertiary alicyclic amines) is 1. The lowest BCUT2D eigenvalue weighted by Gasteiger charge is -2.32. The molecule has 0 saturated carbocycles. The molecule has 0 aliphatic carbocycles. The molecular weight excluding hydrogens is 431 g/mol. The predicted octanol–water partition coefficient (Wildman–Crippen LogP) is 5.28. The normalized spacial score (nSPS) is 15.8. The van der Waals surface area contributed by atoms with Crippen LogP contribution in [0.2, 0.25) is 0 Å². The molecule has 0 bridgehead atoms. The number of imidazole rings is 1. The molecule has 0 unspecified atom stereocenters. The molecule has 5 rings (SSSR count). The van der Waals surface area contributed by atoms with E-state index in [1.54, 1.807) is 30.7 Å². The minimum atomic E-state index is -0.357. The summed E-state index contributed by atoms with van der Waals surface area (Å²) in [6.07, 6.45) is 7.27. The number of carbonyl (C=O) groups is 1. The van der Waals surface area contributed by atoms with E-state index in [0.717, 1.165) is 30.6 Å². The van der Waals surface area contributed by atoms with Gasteiger partial charge in [0.25, 0.3) is 5.91 Å². The summed E-state index contributed by atoms with van der Waals surface area (Å²) in [6.45, 7) is 1.99. The smallest absolute Gasteiger partial charge is 0.253 e. The first-order chi connectivity index (χ1) is 16.6. The van der Waals surface area contributed by atoms with Gasteiger partial charge in [-0.3, -0.25) is 4.79 Å². The second-order valence-electron chi connectivity index (χ2n) is 8.49. The summed E-state index contributed by atoms with van der Waals surface area (Å²) >= 11 is 0. The van der Waals surface area contributed by atoms with Crippen molar-refractivity contribution in [1.29, 1.82) is 0 Å². The van der Waals surface area contributed by atoms with Gasteiger partial charge in [0.1, 0.15) is 11.6 Å². The topological polar surface area (TPSA) is 60.2 Å². The number of amides is 1. The van der Waals surface area contributed by atoms with Crippen molar-refractivity contribution < 1.29 is 13.9 Å². The van der Waals surface area contributed by atoms with Crippen molar-refractivity contribution in [2.45, 2.75) is 25.3 Å². The molecule has 1 atom stereocenters. The fourth-order valence-corrected chi connectivity index (χ4v) is 4.35. The highest BCUT2D eigenvalue weighted by molar-refractivity contribution is 5.94. The average molecular weight is 457 g/mol. The molecule has 0 N–H and O–H groups in total. The minimum Gasteiger partial charge on any atom is -0.439 e. The van der Waals surface area contributed by atoms with E-state index in [1.165, 1.54) is 12.1 Å². The number of hydrogen-bond donors (Lipinski definition) is 0. The van der Waals surface area contributed by atoms with Crippen LogP contribution < -0.4 is 4.74 Å². The van der Waals surface area contributed by atoms with Crippen molar-refractivity contribution in [2.24, 2.45) is 0 Å². The van der Waals surface area contributed by atoms with Gasteiger partial charge in [0.05, 0.1) is 6.33 Å². The zero-order valence-corrected chi connectivity index (χ0v) is 18.7. The lowest BCUT2D eigenvalue weighted by molar-refractivity contribution is 0.0705. The maximum Gasteiger partial charge on any atom is 0.253 e. The number of halogens is 1. The van der Waals surface area contributed by atoms with Crippen molar-refractivity contribution in [3.8, 4) is 11.6 Å². The van der Waals surface area contributed by atoms with Crippen molar-refractivity contribution in [3.63, 3.8) is 0 Å². The monoisotopic (exact) mass is 456 g/mol. The number of pyridine rings is 1. The second-order valence-corrected chi connectivity index (χ2v) is 8.49. The summed E-state index contributed by atoms with van der Waals surface area (Å²) in [7, 11) is 0. The fourth-order valence-electron chi connectivity index (χ4n) is 4.35. The van der Waals surface area contributed by atoms with Gasteiger partial charge in [0, 0.05) is 61.3 Å². The summed E-state index contributed by atoms with van der Waals surface area (Å²) in [5.41, 5.74) is 2.62. The van der Waals surface area contributed by atoms with E-state index in [1.807, 2.05) is 52.1 Å². The van der Waals surface area contributed by atoms with Gasteiger partial charge in [-0.15, -0.1) is 0 Å². The van der Waals surface area contributed by atoms with Gasteiger partial charge in [-0.2, -0.15) is 0 Å². The van der Waals surface area contributed by atoms with Crippen molar-refractivity contribution in [1.82, 2.24) is 19.4 Å². The Labute approximate surface area is 197 Å². The molecule has 2 aromatic heterocycles. The van der Waals surface area contributed by atoms with Crippen LogP contribution in [0.15, 0.2) is 85.5 Å². The number of carbonyl (C=O) groups excluding carboxylic acids is 1. The van der Waals surface area contributed by atoms with E-state index in [4.69, 9.17) is 4.74 Å². The van der Waals surface area contributed by atoms with Gasteiger partial charge in [0.15, 0.2) is 0 Å². The van der Waals surface area contributed by atoms with Crippen LogP contribution in [-0.2, 0) is 6.54 Å². The molecule has 4 aromatic rings. The standard InChI is InChI=1S/C27H25FN4O2/c28-23-8-2-9-24(16-23)34-26-11-3-10-25(30-26)22-7-4-13-32(18-22)27(33)21-6-1-5-20(15-21)17-31-14-12-29-19-31/h1-3,5-6,8-12,14-16,19,22H,4,7,13,17-18H2/t22-/m0/s1. The summed E-state index contributed by atoms with van der Waals surface area (Å²) in [6, 6.07) is 19.4. The average Bonchev–Trinajstić information content (AvgIpc) is 3.37. The van der Waals surface area contributed by atoms with Crippen molar-refractivity contribution >= 4 is 5.91 Å². The zero-order valence-electron chi connectivity index (χ0n) is 18.7. The van der Waals surface area contributed by atoms with Crippen LogP contribution in [0.25, 0.3) is 0 Å². The van der Waals surface area contributed by atoms with Crippen LogP contribution in [0.3, 0.4) is 0 Å². The molecule has 7 heteroatoms. The molecule has 0 radical (unpaired) electrons. The highest BCUT2D eigenvalue weighted by Crippen LogP contribution is 2.29. The van der Waals surface area contributed by atoms with Crippen LogP contribution in [0.5, 0.6) is 11.6 Å². The highest BCUT2D eigenvalue weighted by Gasteiger charge is 2.26. The van der Waals surface area contributed by atoms with Crippen molar-refractivity contribution in [2.75, 3.05) is 13.1 Å². The summed E-state index contributed by atoms with van der Waals surface area (Å²) in [4.78, 5) is 23.9. The lowest BCUT2D eigenvalue weighted by Crippen LogP contribution is -2.39. The number of piperidine rings is 1. The Bertz CT molecular complexity index is 1280. The van der Waals surface area contributed by atoms with Crippen LogP contribution >= 0.6 is 0 Å². The number of nitrogens with zero attached hydrogens (tertiary/aromatic N) is 4. The Morgan fingerprint density at radius 3 is 2.82 bits per heavy atom. The van der Waals surface area contributed by atoms with E-state index >= 15 is 0 Å². The molecular formula is C27H25FN4O2. The minimum absolute atomic E-state index is 0.0318. The molecule has 1 saturated heterocycles. The highest BCUT2D eigenvalue weighted by atomic mass is 19.1. The quantitative estimate of drug-likeness (QED) is 0.396. The van der Waals surface area contributed by atoms with Gasteiger partial charge in [0.2, 0.25) is 5.88 Å². The van der Waals surface area contributed by atoms with Crippen LogP contribution in [-0.4, -0.2) is 38.4 Å². The largest absolute Gasteiger partial charge is 0.439 e. The molecule has 1 aliphatic heterocycles. The molecule has 3 heterocycles. The molecule has 1 aliphatic rings. The number of hydrogen-bond acceptors (Lipinski definition) is 4. The molecule has 1 amide bonds. The number of benzene rings is 2. The Morgan fingerprint density at radius 1 is 1.09 bits per heavy atom. The molecule has 0 spiro atoms. The van der Waals surface area contributed by atoms with E-state index < -0.39 is 0 Å². The van der Waals surface area contributed by atoms with E-state index in [9.17, 15) is 9.18 Å². The first kappa shape index (κ1) is 21.8. The van der Waals surface area contributed by atoms with Gasteiger partial charge in [-0.1, -0.05) is 24.3 Å². The third-order valence-electron chi connectivity index (χ3n) is 5.99. The Kier molecular flexibility index (Phi) is 6.33. The van der Waals surface area contributed by atoms with Crippen LogP contribution in [0.1, 0.15) is 40.4 Å². The van der Waals surface area contributed by atoms with E-state index in [-0.39, 0.29) is 17.6 Å². The fraction of sp³-hybridized carbons (Fsp3) is 0.222. The first-order valence-corrected chi connectivity index (χ1v) is 11.4. The first-order valence-electron chi connectivity index (χ1n) is 11.4. The molecule has 2 aromatic carbocycles. The van der Waals surface area contributed by atoms with E-state index in [2.05, 4.69) is 9.97 Å². The van der Waals surface area contributed by atoms with Gasteiger partial charge in [-0.05, 0) is 48.7 Å². The third kappa shape index (κ3) is 5.14. The number of ether oxygens (including phenoxy) is 1. The third-order valence-corrected chi connectivity index (χ3v) is 5.99. The maximum atomic E-state index is 13.5. The zero-order chi connectivity index (χ0) is 23.3. The van der Waals surface area contributed by atoms with Crippen molar-refractivity contribution in [3.05, 3.63) is 108 Å². The van der Waals surface area contributed by atoms with Gasteiger partial charge < -0.3 is 14.2 Å². The Morgan fingerprint density at radius 2 is 1.97 bits per heavy atom. The Hall–Kier alpha value is -4.00. The molecule has 1 fully saturated rings.